The van der Waals surface area contributed by atoms with Crippen LogP contribution in [-0.4, -0.2) is 9.78 Å². The molecule has 1 unspecified atom stereocenters. The Morgan fingerprint density at radius 1 is 1.56 bits per heavy atom. The highest BCUT2D eigenvalue weighted by Gasteiger charge is 2.14. The standard InChI is InChI=1S/C12H14BrFN4/c1-18-7-9(6-16-18)12(17-15)4-8-2-3-10(14)5-11(8)13/h2-3,5-7,12,17H,4,15H2,1H3. The number of rotatable bonds is 4. The van der Waals surface area contributed by atoms with Crippen molar-refractivity contribution in [2.45, 2.75) is 12.5 Å². The van der Waals surface area contributed by atoms with Crippen LogP contribution in [0.3, 0.4) is 0 Å². The van der Waals surface area contributed by atoms with Gasteiger partial charge >= 0.3 is 0 Å². The third-order valence-corrected chi connectivity index (χ3v) is 3.51. The van der Waals surface area contributed by atoms with Gasteiger partial charge in [-0.3, -0.25) is 16.0 Å². The molecule has 4 nitrogen and oxygen atoms in total. The largest absolute Gasteiger partial charge is 0.275 e. The fourth-order valence-electron chi connectivity index (χ4n) is 1.80. The molecule has 0 saturated carbocycles. The van der Waals surface area contributed by atoms with Crippen LogP contribution in [0.5, 0.6) is 0 Å². The molecule has 0 fully saturated rings. The number of nitrogens with two attached hydrogens (primary N) is 1. The SMILES string of the molecule is Cn1cc(C(Cc2ccc(F)cc2Br)NN)cn1. The van der Waals surface area contributed by atoms with Crippen molar-refractivity contribution in [3.63, 3.8) is 0 Å². The molecule has 1 atom stereocenters. The minimum absolute atomic E-state index is 0.0551. The lowest BCUT2D eigenvalue weighted by atomic mass is 10.0. The highest BCUT2D eigenvalue weighted by molar-refractivity contribution is 9.10. The van der Waals surface area contributed by atoms with E-state index < -0.39 is 0 Å². The summed E-state index contributed by atoms with van der Waals surface area (Å²) in [5, 5.41) is 4.11. The van der Waals surface area contributed by atoms with E-state index in [0.29, 0.717) is 6.42 Å². The van der Waals surface area contributed by atoms with Gasteiger partial charge in [0.15, 0.2) is 0 Å². The van der Waals surface area contributed by atoms with E-state index in [9.17, 15) is 4.39 Å². The van der Waals surface area contributed by atoms with E-state index in [1.807, 2.05) is 13.2 Å². The van der Waals surface area contributed by atoms with E-state index in [0.717, 1.165) is 15.6 Å². The summed E-state index contributed by atoms with van der Waals surface area (Å²) in [6, 6.07) is 4.59. The number of aromatic nitrogens is 2. The Morgan fingerprint density at radius 3 is 2.89 bits per heavy atom. The first-order valence-corrected chi connectivity index (χ1v) is 6.28. The molecule has 96 valence electrons. The first kappa shape index (κ1) is 13.2. The van der Waals surface area contributed by atoms with Crippen molar-refractivity contribution in [3.05, 3.63) is 52.0 Å². The van der Waals surface area contributed by atoms with Crippen molar-refractivity contribution in [3.8, 4) is 0 Å². The quantitative estimate of drug-likeness (QED) is 0.671. The molecule has 6 heteroatoms. The van der Waals surface area contributed by atoms with Gasteiger partial charge < -0.3 is 0 Å². The monoisotopic (exact) mass is 312 g/mol. The Balaban J connectivity index is 2.20. The van der Waals surface area contributed by atoms with Crippen LogP contribution in [0.1, 0.15) is 17.2 Å². The molecule has 0 aliphatic rings. The number of halogens is 2. The zero-order chi connectivity index (χ0) is 13.1. The predicted octanol–water partition coefficient (Wildman–Crippen LogP) is 2.07. The molecule has 1 heterocycles. The van der Waals surface area contributed by atoms with Crippen LogP contribution >= 0.6 is 15.9 Å². The molecular weight excluding hydrogens is 299 g/mol. The van der Waals surface area contributed by atoms with Gasteiger partial charge in [0.2, 0.25) is 0 Å². The Labute approximate surface area is 113 Å². The maximum atomic E-state index is 13.0. The number of hydrogen-bond donors (Lipinski definition) is 2. The van der Waals surface area contributed by atoms with Gasteiger partial charge in [0.05, 0.1) is 12.2 Å². The number of aryl methyl sites for hydroxylation is 1. The summed E-state index contributed by atoms with van der Waals surface area (Å²) in [5.41, 5.74) is 4.74. The van der Waals surface area contributed by atoms with Gasteiger partial charge in [-0.15, -0.1) is 0 Å². The van der Waals surface area contributed by atoms with Crippen LogP contribution in [0.25, 0.3) is 0 Å². The lowest BCUT2D eigenvalue weighted by Gasteiger charge is -2.15. The lowest BCUT2D eigenvalue weighted by molar-refractivity contribution is 0.549. The van der Waals surface area contributed by atoms with E-state index >= 15 is 0 Å². The van der Waals surface area contributed by atoms with Gasteiger partial charge in [-0.05, 0) is 24.1 Å². The van der Waals surface area contributed by atoms with Crippen LogP contribution in [0, 0.1) is 5.82 Å². The first-order chi connectivity index (χ1) is 8.60. The molecule has 1 aromatic carbocycles. The number of nitrogens with one attached hydrogen (secondary N) is 1. The molecule has 18 heavy (non-hydrogen) atoms. The highest BCUT2D eigenvalue weighted by Crippen LogP contribution is 2.24. The zero-order valence-corrected chi connectivity index (χ0v) is 11.5. The minimum atomic E-state index is -0.260. The van der Waals surface area contributed by atoms with E-state index in [2.05, 4.69) is 26.5 Å². The molecule has 0 amide bonds. The second-order valence-corrected chi connectivity index (χ2v) is 4.96. The van der Waals surface area contributed by atoms with Crippen LogP contribution in [0.15, 0.2) is 35.1 Å². The molecule has 0 saturated heterocycles. The van der Waals surface area contributed by atoms with E-state index in [1.165, 1.54) is 12.1 Å². The van der Waals surface area contributed by atoms with Crippen LogP contribution in [0.2, 0.25) is 0 Å². The summed E-state index contributed by atoms with van der Waals surface area (Å²) in [7, 11) is 1.85. The topological polar surface area (TPSA) is 55.9 Å². The van der Waals surface area contributed by atoms with Crippen molar-refractivity contribution in [2.24, 2.45) is 12.9 Å². The number of benzene rings is 1. The Kier molecular flexibility index (Phi) is 4.11. The lowest BCUT2D eigenvalue weighted by Crippen LogP contribution is -2.29. The predicted molar refractivity (Wildman–Crippen MR) is 71.1 cm³/mol. The molecule has 0 aliphatic carbocycles. The third kappa shape index (κ3) is 2.95. The second kappa shape index (κ2) is 5.60. The minimum Gasteiger partial charge on any atom is -0.275 e. The first-order valence-electron chi connectivity index (χ1n) is 5.48. The third-order valence-electron chi connectivity index (χ3n) is 2.77. The highest BCUT2D eigenvalue weighted by atomic mass is 79.9. The van der Waals surface area contributed by atoms with Gasteiger partial charge in [0, 0.05) is 23.3 Å². The number of nitrogens with zero attached hydrogens (tertiary/aromatic N) is 2. The van der Waals surface area contributed by atoms with Crippen LogP contribution in [-0.2, 0) is 13.5 Å². The van der Waals surface area contributed by atoms with E-state index in [4.69, 9.17) is 5.84 Å². The van der Waals surface area contributed by atoms with Gasteiger partial charge in [-0.1, -0.05) is 22.0 Å². The van der Waals surface area contributed by atoms with E-state index in [-0.39, 0.29) is 11.9 Å². The molecule has 1 aromatic heterocycles. The summed E-state index contributed by atoms with van der Waals surface area (Å²) in [6.45, 7) is 0. The maximum Gasteiger partial charge on any atom is 0.124 e. The molecule has 0 bridgehead atoms. The summed E-state index contributed by atoms with van der Waals surface area (Å²) in [6.07, 6.45) is 4.33. The molecule has 0 spiro atoms. The number of hydrogen-bond acceptors (Lipinski definition) is 3. The summed E-state index contributed by atoms with van der Waals surface area (Å²) >= 11 is 3.35. The van der Waals surface area contributed by atoms with Crippen molar-refractivity contribution < 1.29 is 4.39 Å². The Bertz CT molecular complexity index is 541. The molecule has 0 radical (unpaired) electrons. The fourth-order valence-corrected chi connectivity index (χ4v) is 2.31. The summed E-state index contributed by atoms with van der Waals surface area (Å²) in [5.74, 6) is 5.31. The molecule has 2 aromatic rings. The molecule has 3 N–H and O–H groups in total. The van der Waals surface area contributed by atoms with Gasteiger partial charge in [0.1, 0.15) is 5.82 Å². The average molecular weight is 313 g/mol. The molecule has 0 aliphatic heterocycles. The van der Waals surface area contributed by atoms with Crippen molar-refractivity contribution in [2.75, 3.05) is 0 Å². The van der Waals surface area contributed by atoms with Crippen molar-refractivity contribution in [1.82, 2.24) is 15.2 Å². The smallest absolute Gasteiger partial charge is 0.124 e. The molecular formula is C12H14BrFN4. The number of hydrazine groups is 1. The Hall–Kier alpha value is -1.24. The zero-order valence-electron chi connectivity index (χ0n) is 9.90. The Morgan fingerprint density at radius 2 is 2.33 bits per heavy atom. The van der Waals surface area contributed by atoms with Gasteiger partial charge in [-0.2, -0.15) is 5.10 Å². The second-order valence-electron chi connectivity index (χ2n) is 4.11. The molecule has 2 rings (SSSR count). The van der Waals surface area contributed by atoms with Gasteiger partial charge in [0.25, 0.3) is 0 Å². The van der Waals surface area contributed by atoms with Crippen molar-refractivity contribution >= 4 is 15.9 Å². The van der Waals surface area contributed by atoms with E-state index in [1.54, 1.807) is 16.9 Å². The van der Waals surface area contributed by atoms with Crippen LogP contribution in [0.4, 0.5) is 4.39 Å². The van der Waals surface area contributed by atoms with Crippen LogP contribution < -0.4 is 11.3 Å². The maximum absolute atomic E-state index is 13.0. The average Bonchev–Trinajstić information content (AvgIpc) is 2.75. The normalized spacial score (nSPS) is 12.7. The summed E-state index contributed by atoms with van der Waals surface area (Å²) < 4.78 is 15.5. The fraction of sp³-hybridized carbons (Fsp3) is 0.250. The summed E-state index contributed by atoms with van der Waals surface area (Å²) in [4.78, 5) is 0. The van der Waals surface area contributed by atoms with Gasteiger partial charge in [-0.25, -0.2) is 4.39 Å². The van der Waals surface area contributed by atoms with Crippen molar-refractivity contribution in [1.29, 1.82) is 0 Å².